The van der Waals surface area contributed by atoms with Crippen LogP contribution in [-0.4, -0.2) is 37.6 Å². The summed E-state index contributed by atoms with van der Waals surface area (Å²) in [7, 11) is 2.25. The van der Waals surface area contributed by atoms with Crippen LogP contribution in [0, 0.1) is 11.8 Å². The van der Waals surface area contributed by atoms with Crippen molar-refractivity contribution in [2.24, 2.45) is 11.8 Å². The Balaban J connectivity index is 3.45. The molecule has 0 aliphatic rings. The topological polar surface area (TPSA) is 15.3 Å². The van der Waals surface area contributed by atoms with Crippen LogP contribution < -0.4 is 5.32 Å². The fourth-order valence-electron chi connectivity index (χ4n) is 1.93. The molecule has 0 bridgehead atoms. The zero-order chi connectivity index (χ0) is 12.6. The molecule has 1 N–H and O–H groups in total. The first-order chi connectivity index (χ1) is 7.43. The predicted molar refractivity (Wildman–Crippen MR) is 73.9 cm³/mol. The van der Waals surface area contributed by atoms with Crippen LogP contribution in [0.2, 0.25) is 0 Å². The molecule has 0 spiro atoms. The van der Waals surface area contributed by atoms with Gasteiger partial charge in [-0.1, -0.05) is 27.7 Å². The lowest BCUT2D eigenvalue weighted by Crippen LogP contribution is -2.33. The molecule has 0 saturated heterocycles. The second kappa shape index (κ2) is 9.00. The molecule has 0 radical (unpaired) electrons. The Morgan fingerprint density at radius 1 is 1.00 bits per heavy atom. The standard InChI is InChI=1S/C14H32N2/c1-12(2)10-14(5)16(6)9-7-8-15-11-13(3)4/h12-15H,7-11H2,1-6H3. The quantitative estimate of drug-likeness (QED) is 0.610. The van der Waals surface area contributed by atoms with E-state index in [4.69, 9.17) is 0 Å². The summed E-state index contributed by atoms with van der Waals surface area (Å²) in [5.41, 5.74) is 0. The van der Waals surface area contributed by atoms with Gasteiger partial charge >= 0.3 is 0 Å². The van der Waals surface area contributed by atoms with Crippen molar-refractivity contribution in [3.63, 3.8) is 0 Å². The van der Waals surface area contributed by atoms with Gasteiger partial charge in [0, 0.05) is 6.04 Å². The smallest absolute Gasteiger partial charge is 0.00663 e. The summed E-state index contributed by atoms with van der Waals surface area (Å²) in [5.74, 6) is 1.56. The molecule has 98 valence electrons. The number of hydrogen-bond acceptors (Lipinski definition) is 2. The summed E-state index contributed by atoms with van der Waals surface area (Å²) in [4.78, 5) is 2.48. The largest absolute Gasteiger partial charge is 0.316 e. The molecule has 0 aromatic heterocycles. The maximum absolute atomic E-state index is 3.49. The Hall–Kier alpha value is -0.0800. The molecule has 16 heavy (non-hydrogen) atoms. The Morgan fingerprint density at radius 2 is 1.62 bits per heavy atom. The molecule has 0 rings (SSSR count). The molecule has 0 heterocycles. The van der Waals surface area contributed by atoms with Gasteiger partial charge in [-0.3, -0.25) is 0 Å². The minimum absolute atomic E-state index is 0.713. The van der Waals surface area contributed by atoms with Crippen LogP contribution in [-0.2, 0) is 0 Å². The van der Waals surface area contributed by atoms with Crippen LogP contribution in [0.4, 0.5) is 0 Å². The van der Waals surface area contributed by atoms with Crippen LogP contribution in [0.3, 0.4) is 0 Å². The maximum Gasteiger partial charge on any atom is 0.00663 e. The summed E-state index contributed by atoms with van der Waals surface area (Å²) in [6, 6.07) is 0.713. The molecule has 1 unspecified atom stereocenters. The van der Waals surface area contributed by atoms with E-state index in [2.05, 4.69) is 51.9 Å². The highest BCUT2D eigenvalue weighted by molar-refractivity contribution is 4.65. The zero-order valence-corrected chi connectivity index (χ0v) is 12.2. The first-order valence-corrected chi connectivity index (χ1v) is 6.84. The lowest BCUT2D eigenvalue weighted by molar-refractivity contribution is 0.225. The van der Waals surface area contributed by atoms with Crippen molar-refractivity contribution in [2.45, 2.75) is 53.5 Å². The number of rotatable bonds is 9. The van der Waals surface area contributed by atoms with Gasteiger partial charge in [0.15, 0.2) is 0 Å². The van der Waals surface area contributed by atoms with E-state index in [1.165, 1.54) is 19.4 Å². The Kier molecular flexibility index (Phi) is 8.96. The zero-order valence-electron chi connectivity index (χ0n) is 12.2. The first kappa shape index (κ1) is 15.9. The van der Waals surface area contributed by atoms with E-state index >= 15 is 0 Å². The fraction of sp³-hybridized carbons (Fsp3) is 1.00. The van der Waals surface area contributed by atoms with Crippen molar-refractivity contribution in [1.82, 2.24) is 10.2 Å². The highest BCUT2D eigenvalue weighted by Gasteiger charge is 2.09. The summed E-state index contributed by atoms with van der Waals surface area (Å²) in [6.07, 6.45) is 2.56. The van der Waals surface area contributed by atoms with Gasteiger partial charge in [0.2, 0.25) is 0 Å². The minimum Gasteiger partial charge on any atom is -0.316 e. The van der Waals surface area contributed by atoms with E-state index in [1.807, 2.05) is 0 Å². The van der Waals surface area contributed by atoms with E-state index in [-0.39, 0.29) is 0 Å². The van der Waals surface area contributed by atoms with Crippen molar-refractivity contribution >= 4 is 0 Å². The third-order valence-electron chi connectivity index (χ3n) is 2.98. The fourth-order valence-corrected chi connectivity index (χ4v) is 1.93. The predicted octanol–water partition coefficient (Wildman–Crippen LogP) is 2.99. The molecule has 0 saturated carbocycles. The van der Waals surface area contributed by atoms with Crippen molar-refractivity contribution in [3.8, 4) is 0 Å². The number of nitrogens with zero attached hydrogens (tertiary/aromatic N) is 1. The molecular weight excluding hydrogens is 196 g/mol. The van der Waals surface area contributed by atoms with Gasteiger partial charge in [-0.15, -0.1) is 0 Å². The normalized spacial score (nSPS) is 14.1. The van der Waals surface area contributed by atoms with E-state index in [1.54, 1.807) is 0 Å². The van der Waals surface area contributed by atoms with E-state index in [9.17, 15) is 0 Å². The molecule has 2 heteroatoms. The molecule has 0 aliphatic heterocycles. The van der Waals surface area contributed by atoms with Crippen LogP contribution in [0.15, 0.2) is 0 Å². The number of hydrogen-bond donors (Lipinski definition) is 1. The second-order valence-electron chi connectivity index (χ2n) is 5.91. The van der Waals surface area contributed by atoms with Crippen LogP contribution in [0.1, 0.15) is 47.5 Å². The van der Waals surface area contributed by atoms with Crippen molar-refractivity contribution in [3.05, 3.63) is 0 Å². The van der Waals surface area contributed by atoms with Crippen molar-refractivity contribution in [1.29, 1.82) is 0 Å². The summed E-state index contributed by atoms with van der Waals surface area (Å²) < 4.78 is 0. The van der Waals surface area contributed by atoms with E-state index in [0.717, 1.165) is 24.9 Å². The Bertz CT molecular complexity index is 155. The summed E-state index contributed by atoms with van der Waals surface area (Å²) >= 11 is 0. The lowest BCUT2D eigenvalue weighted by Gasteiger charge is -2.26. The van der Waals surface area contributed by atoms with Gasteiger partial charge in [-0.05, 0) is 58.3 Å². The highest BCUT2D eigenvalue weighted by Crippen LogP contribution is 2.09. The monoisotopic (exact) mass is 228 g/mol. The van der Waals surface area contributed by atoms with Gasteiger partial charge < -0.3 is 10.2 Å². The summed E-state index contributed by atoms with van der Waals surface area (Å²) in [6.45, 7) is 14.9. The summed E-state index contributed by atoms with van der Waals surface area (Å²) in [5, 5.41) is 3.49. The third kappa shape index (κ3) is 9.17. The second-order valence-corrected chi connectivity index (χ2v) is 5.91. The molecule has 0 aliphatic carbocycles. The van der Waals surface area contributed by atoms with Crippen LogP contribution >= 0.6 is 0 Å². The van der Waals surface area contributed by atoms with E-state index in [0.29, 0.717) is 6.04 Å². The van der Waals surface area contributed by atoms with Gasteiger partial charge in [0.1, 0.15) is 0 Å². The average molecular weight is 228 g/mol. The SMILES string of the molecule is CC(C)CNCCCN(C)C(C)CC(C)C. The first-order valence-electron chi connectivity index (χ1n) is 6.84. The van der Waals surface area contributed by atoms with Crippen molar-refractivity contribution in [2.75, 3.05) is 26.7 Å². The molecule has 1 atom stereocenters. The van der Waals surface area contributed by atoms with Crippen molar-refractivity contribution < 1.29 is 0 Å². The highest BCUT2D eigenvalue weighted by atomic mass is 15.1. The minimum atomic E-state index is 0.713. The van der Waals surface area contributed by atoms with Gasteiger partial charge in [0.25, 0.3) is 0 Å². The third-order valence-corrected chi connectivity index (χ3v) is 2.98. The molecular formula is C14H32N2. The molecule has 0 aromatic rings. The van der Waals surface area contributed by atoms with Gasteiger partial charge in [-0.25, -0.2) is 0 Å². The average Bonchev–Trinajstić information content (AvgIpc) is 2.15. The molecule has 0 aromatic carbocycles. The van der Waals surface area contributed by atoms with Gasteiger partial charge in [0.05, 0.1) is 0 Å². The molecule has 0 amide bonds. The van der Waals surface area contributed by atoms with Gasteiger partial charge in [-0.2, -0.15) is 0 Å². The molecule has 2 nitrogen and oxygen atoms in total. The molecule has 0 fully saturated rings. The van der Waals surface area contributed by atoms with Crippen LogP contribution in [0.25, 0.3) is 0 Å². The Morgan fingerprint density at radius 3 is 2.12 bits per heavy atom. The maximum atomic E-state index is 3.49. The Labute approximate surface area is 103 Å². The number of nitrogens with one attached hydrogen (secondary N) is 1. The lowest BCUT2D eigenvalue weighted by atomic mass is 10.0. The van der Waals surface area contributed by atoms with Crippen LogP contribution in [0.5, 0.6) is 0 Å². The van der Waals surface area contributed by atoms with E-state index < -0.39 is 0 Å².